The Hall–Kier alpha value is -2.08. The van der Waals surface area contributed by atoms with E-state index < -0.39 is 0 Å². The average Bonchev–Trinajstić information content (AvgIpc) is 3.13. The van der Waals surface area contributed by atoms with Crippen molar-refractivity contribution in [3.63, 3.8) is 0 Å². The van der Waals surface area contributed by atoms with Crippen LogP contribution in [0.2, 0.25) is 5.02 Å². The Bertz CT molecular complexity index is 1030. The number of ketones is 1. The topological polar surface area (TPSA) is 35.5 Å². The maximum Gasteiger partial charge on any atom is 0.195 e. The van der Waals surface area contributed by atoms with E-state index in [1.165, 1.54) is 11.3 Å². The third kappa shape index (κ3) is 5.25. The largest absolute Gasteiger partial charge is 0.496 e. The number of ether oxygens (including phenoxy) is 2. The van der Waals surface area contributed by atoms with Gasteiger partial charge in [-0.3, -0.25) is 4.79 Å². The Morgan fingerprint density at radius 1 is 1.21 bits per heavy atom. The summed E-state index contributed by atoms with van der Waals surface area (Å²) < 4.78 is 12.2. The predicted octanol–water partition coefficient (Wildman–Crippen LogP) is 6.96. The van der Waals surface area contributed by atoms with Crippen LogP contribution < -0.4 is 9.47 Å². The van der Waals surface area contributed by atoms with Crippen LogP contribution in [0, 0.1) is 6.92 Å². The molecular weight excluding hydrogens is 460 g/mol. The van der Waals surface area contributed by atoms with Gasteiger partial charge >= 0.3 is 0 Å². The molecule has 3 rings (SSSR count). The highest BCUT2D eigenvalue weighted by atomic mass is 79.9. The van der Waals surface area contributed by atoms with E-state index in [4.69, 9.17) is 21.1 Å². The monoisotopic (exact) mass is 476 g/mol. The van der Waals surface area contributed by atoms with Crippen molar-refractivity contribution >= 4 is 50.7 Å². The molecular formula is C22H18BrClO3S. The second-order valence-corrected chi connectivity index (χ2v) is 8.33. The number of hydrogen-bond donors (Lipinski definition) is 0. The molecule has 3 aromatic rings. The third-order valence-corrected chi connectivity index (χ3v) is 6.20. The van der Waals surface area contributed by atoms with Crippen molar-refractivity contribution < 1.29 is 14.3 Å². The summed E-state index contributed by atoms with van der Waals surface area (Å²) in [6.45, 7) is 2.28. The van der Waals surface area contributed by atoms with E-state index in [-0.39, 0.29) is 5.78 Å². The van der Waals surface area contributed by atoms with Gasteiger partial charge in [0.25, 0.3) is 0 Å². The van der Waals surface area contributed by atoms with Crippen LogP contribution >= 0.6 is 38.9 Å². The summed E-state index contributed by atoms with van der Waals surface area (Å²) in [5.74, 6) is 1.45. The number of hydrogen-bond acceptors (Lipinski definition) is 4. The lowest BCUT2D eigenvalue weighted by molar-refractivity contribution is 0.105. The maximum absolute atomic E-state index is 12.3. The van der Waals surface area contributed by atoms with Gasteiger partial charge in [-0.25, -0.2) is 0 Å². The molecule has 0 atom stereocenters. The zero-order chi connectivity index (χ0) is 20.1. The van der Waals surface area contributed by atoms with Crippen LogP contribution in [-0.2, 0) is 6.61 Å². The van der Waals surface area contributed by atoms with E-state index in [9.17, 15) is 4.79 Å². The lowest BCUT2D eigenvalue weighted by Gasteiger charge is -2.12. The van der Waals surface area contributed by atoms with E-state index in [0.717, 1.165) is 32.7 Å². The second kappa shape index (κ2) is 9.41. The van der Waals surface area contributed by atoms with Gasteiger partial charge < -0.3 is 9.47 Å². The fourth-order valence-electron chi connectivity index (χ4n) is 2.58. The predicted molar refractivity (Wildman–Crippen MR) is 119 cm³/mol. The average molecular weight is 478 g/mol. The minimum absolute atomic E-state index is 0.0269. The molecule has 0 aliphatic rings. The smallest absolute Gasteiger partial charge is 0.195 e. The first-order valence-electron chi connectivity index (χ1n) is 8.48. The number of aryl methyl sites for hydroxylation is 1. The fourth-order valence-corrected chi connectivity index (χ4v) is 4.04. The number of rotatable bonds is 7. The molecule has 0 saturated heterocycles. The molecule has 3 nitrogen and oxygen atoms in total. The number of carbonyl (C=O) groups excluding carboxylic acids is 1. The van der Waals surface area contributed by atoms with E-state index >= 15 is 0 Å². The minimum Gasteiger partial charge on any atom is -0.496 e. The summed E-state index contributed by atoms with van der Waals surface area (Å²) in [4.78, 5) is 12.9. The highest BCUT2D eigenvalue weighted by molar-refractivity contribution is 9.10. The summed E-state index contributed by atoms with van der Waals surface area (Å²) >= 11 is 10.8. The number of halogens is 2. The summed E-state index contributed by atoms with van der Waals surface area (Å²) in [5, 5.41) is 2.60. The molecule has 0 bridgehead atoms. The molecule has 6 heteroatoms. The van der Waals surface area contributed by atoms with E-state index in [2.05, 4.69) is 15.9 Å². The number of thiophene rings is 1. The lowest BCUT2D eigenvalue weighted by atomic mass is 10.1. The zero-order valence-electron chi connectivity index (χ0n) is 15.4. The van der Waals surface area contributed by atoms with Gasteiger partial charge in [0.1, 0.15) is 18.1 Å². The van der Waals surface area contributed by atoms with E-state index in [0.29, 0.717) is 16.5 Å². The van der Waals surface area contributed by atoms with Gasteiger partial charge in [-0.2, -0.15) is 0 Å². The second-order valence-electron chi connectivity index (χ2n) is 6.10. The van der Waals surface area contributed by atoms with Crippen molar-refractivity contribution in [2.75, 3.05) is 7.11 Å². The van der Waals surface area contributed by atoms with Crippen LogP contribution in [0.15, 0.2) is 58.4 Å². The Morgan fingerprint density at radius 2 is 2.04 bits per heavy atom. The lowest BCUT2D eigenvalue weighted by Crippen LogP contribution is -1.99. The number of benzene rings is 2. The van der Waals surface area contributed by atoms with Crippen LogP contribution in [0.1, 0.15) is 26.4 Å². The summed E-state index contributed by atoms with van der Waals surface area (Å²) in [5.41, 5.74) is 2.75. The van der Waals surface area contributed by atoms with Crippen molar-refractivity contribution in [3.8, 4) is 11.5 Å². The molecule has 0 unspecified atom stereocenters. The number of allylic oxidation sites excluding steroid dienone is 1. The van der Waals surface area contributed by atoms with Gasteiger partial charge in [0.2, 0.25) is 0 Å². The molecule has 1 heterocycles. The molecule has 0 spiro atoms. The van der Waals surface area contributed by atoms with E-state index in [1.54, 1.807) is 19.3 Å². The molecule has 0 amide bonds. The summed E-state index contributed by atoms with van der Waals surface area (Å²) in [6.07, 6.45) is 3.37. The van der Waals surface area contributed by atoms with Gasteiger partial charge in [0.05, 0.1) is 12.0 Å². The Kier molecular flexibility index (Phi) is 6.94. The van der Waals surface area contributed by atoms with Crippen molar-refractivity contribution in [2.45, 2.75) is 13.5 Å². The van der Waals surface area contributed by atoms with E-state index in [1.807, 2.05) is 54.8 Å². The fraction of sp³-hybridized carbons (Fsp3) is 0.136. The molecule has 0 N–H and O–H groups in total. The standard InChI is InChI=1S/C22H18BrClO3S/c1-14-9-18(5-6-19(14)24)27-12-16-10-15(4-8-21(16)26-2)3-7-20(25)22-11-17(23)13-28-22/h3-11,13H,12H2,1-2H3/b7-3+. The molecule has 0 aliphatic heterocycles. The van der Waals surface area contributed by atoms with Crippen molar-refractivity contribution in [2.24, 2.45) is 0 Å². The van der Waals surface area contributed by atoms with Crippen molar-refractivity contribution in [1.29, 1.82) is 0 Å². The molecule has 0 saturated carbocycles. The van der Waals surface area contributed by atoms with Gasteiger partial charge in [0.15, 0.2) is 5.78 Å². The Morgan fingerprint density at radius 3 is 2.71 bits per heavy atom. The first-order valence-corrected chi connectivity index (χ1v) is 10.5. The normalized spacial score (nSPS) is 11.0. The molecule has 1 aromatic heterocycles. The summed E-state index contributed by atoms with van der Waals surface area (Å²) in [7, 11) is 1.62. The van der Waals surface area contributed by atoms with Gasteiger partial charge in [0, 0.05) is 20.4 Å². The van der Waals surface area contributed by atoms with Crippen LogP contribution in [0.5, 0.6) is 11.5 Å². The zero-order valence-corrected chi connectivity index (χ0v) is 18.5. The first kappa shape index (κ1) is 20.6. The molecule has 144 valence electrons. The molecule has 28 heavy (non-hydrogen) atoms. The number of methoxy groups -OCH3 is 1. The van der Waals surface area contributed by atoms with Crippen LogP contribution in [0.3, 0.4) is 0 Å². The van der Waals surface area contributed by atoms with Gasteiger partial charge in [-0.05, 0) is 76.5 Å². The highest BCUT2D eigenvalue weighted by Crippen LogP contribution is 2.26. The quantitative estimate of drug-likeness (QED) is 0.273. The summed E-state index contributed by atoms with van der Waals surface area (Å²) in [6, 6.07) is 13.1. The van der Waals surface area contributed by atoms with Crippen molar-refractivity contribution in [1.82, 2.24) is 0 Å². The van der Waals surface area contributed by atoms with Crippen molar-refractivity contribution in [3.05, 3.63) is 85.0 Å². The van der Waals surface area contributed by atoms with Crippen LogP contribution in [-0.4, -0.2) is 12.9 Å². The highest BCUT2D eigenvalue weighted by Gasteiger charge is 2.08. The number of carbonyl (C=O) groups is 1. The molecule has 0 aliphatic carbocycles. The minimum atomic E-state index is -0.0269. The molecule has 2 aromatic carbocycles. The molecule has 0 radical (unpaired) electrons. The van der Waals surface area contributed by atoms with Crippen LogP contribution in [0.25, 0.3) is 6.08 Å². The van der Waals surface area contributed by atoms with Gasteiger partial charge in [-0.1, -0.05) is 23.7 Å². The first-order chi connectivity index (χ1) is 13.5. The maximum atomic E-state index is 12.3. The Labute approximate surface area is 181 Å². The SMILES string of the molecule is COc1ccc(/C=C/C(=O)c2cc(Br)cs2)cc1COc1ccc(Cl)c(C)c1. The molecule has 0 fully saturated rings. The van der Waals surface area contributed by atoms with Gasteiger partial charge in [-0.15, -0.1) is 11.3 Å². The van der Waals surface area contributed by atoms with Crippen LogP contribution in [0.4, 0.5) is 0 Å². The Balaban J connectivity index is 1.74. The third-order valence-electron chi connectivity index (χ3n) is 4.07.